The fourth-order valence-electron chi connectivity index (χ4n) is 4.74. The number of hydrogen-bond donors (Lipinski definition) is 0. The van der Waals surface area contributed by atoms with Gasteiger partial charge in [-0.1, -0.05) is 31.0 Å². The third-order valence-electron chi connectivity index (χ3n) is 6.42. The molecule has 0 unspecified atom stereocenters. The van der Waals surface area contributed by atoms with Crippen LogP contribution in [0.1, 0.15) is 42.5 Å². The number of benzene rings is 1. The van der Waals surface area contributed by atoms with E-state index in [-0.39, 0.29) is 48.4 Å². The summed E-state index contributed by atoms with van der Waals surface area (Å²) in [4.78, 5) is 55.0. The van der Waals surface area contributed by atoms with Crippen molar-refractivity contribution in [3.63, 3.8) is 0 Å². The highest BCUT2D eigenvalue weighted by molar-refractivity contribution is 6.05. The Morgan fingerprint density at radius 2 is 1.38 bits per heavy atom. The van der Waals surface area contributed by atoms with Crippen molar-refractivity contribution in [1.82, 2.24) is 14.7 Å². The maximum absolute atomic E-state index is 12.6. The molecule has 1 aliphatic carbocycles. The number of fused-ring (bicyclic) bond motifs is 1. The van der Waals surface area contributed by atoms with Crippen LogP contribution in [0.25, 0.3) is 0 Å². The lowest BCUT2D eigenvalue weighted by Gasteiger charge is -2.35. The molecular weight excluding hydrogens is 370 g/mol. The van der Waals surface area contributed by atoms with Crippen LogP contribution >= 0.6 is 0 Å². The highest BCUT2D eigenvalue weighted by atomic mass is 16.2. The van der Waals surface area contributed by atoms with Gasteiger partial charge in [-0.25, -0.2) is 0 Å². The Balaban J connectivity index is 1.27. The number of nitrogens with zero attached hydrogens (tertiary/aromatic N) is 3. The lowest BCUT2D eigenvalue weighted by Crippen LogP contribution is -2.51. The van der Waals surface area contributed by atoms with Crippen molar-refractivity contribution in [3.8, 4) is 0 Å². The molecule has 0 aromatic heterocycles. The number of piperazine rings is 1. The highest BCUT2D eigenvalue weighted by Gasteiger charge is 2.47. The summed E-state index contributed by atoms with van der Waals surface area (Å²) in [5.74, 6) is -0.602. The van der Waals surface area contributed by atoms with E-state index in [4.69, 9.17) is 0 Å². The molecule has 1 aromatic rings. The van der Waals surface area contributed by atoms with Gasteiger partial charge in [0.25, 0.3) is 5.91 Å². The fourth-order valence-corrected chi connectivity index (χ4v) is 4.74. The standard InChI is InChI=1S/C22H27N3O4/c26-19(10-11-25-21(28)17-8-4-5-9-18(17)22(25)29)23-12-14-24(15-13-23)20(27)16-6-2-1-3-7-16/h1-3,6-7,17-18H,4-5,8-15H2/t17-,18-/m0/s1. The van der Waals surface area contributed by atoms with Crippen molar-refractivity contribution in [3.05, 3.63) is 35.9 Å². The maximum Gasteiger partial charge on any atom is 0.253 e. The van der Waals surface area contributed by atoms with Crippen molar-refractivity contribution in [2.24, 2.45) is 11.8 Å². The van der Waals surface area contributed by atoms with E-state index in [2.05, 4.69) is 0 Å². The first-order chi connectivity index (χ1) is 14.1. The largest absolute Gasteiger partial charge is 0.339 e. The van der Waals surface area contributed by atoms with Gasteiger partial charge in [0, 0.05) is 44.7 Å². The van der Waals surface area contributed by atoms with Gasteiger partial charge in [0.2, 0.25) is 17.7 Å². The van der Waals surface area contributed by atoms with E-state index in [1.165, 1.54) is 4.90 Å². The summed E-state index contributed by atoms with van der Waals surface area (Å²) in [6, 6.07) is 9.13. The molecule has 1 saturated carbocycles. The topological polar surface area (TPSA) is 78.0 Å². The zero-order valence-corrected chi connectivity index (χ0v) is 16.6. The SMILES string of the molecule is O=C(CCN1C(=O)[C@H]2CCCC[C@@H]2C1=O)N1CCN(C(=O)c2ccccc2)CC1. The Kier molecular flexibility index (Phi) is 5.65. The molecule has 7 heteroatoms. The number of amides is 4. The molecule has 154 valence electrons. The Labute approximate surface area is 170 Å². The maximum atomic E-state index is 12.6. The molecular formula is C22H27N3O4. The molecule has 0 bridgehead atoms. The minimum atomic E-state index is -0.168. The smallest absolute Gasteiger partial charge is 0.253 e. The van der Waals surface area contributed by atoms with Gasteiger partial charge in [0.15, 0.2) is 0 Å². The van der Waals surface area contributed by atoms with Crippen molar-refractivity contribution >= 4 is 23.6 Å². The van der Waals surface area contributed by atoms with Crippen LogP contribution < -0.4 is 0 Å². The summed E-state index contributed by atoms with van der Waals surface area (Å²) in [6.45, 7) is 2.11. The summed E-state index contributed by atoms with van der Waals surface area (Å²) >= 11 is 0. The van der Waals surface area contributed by atoms with Crippen LogP contribution in [0.4, 0.5) is 0 Å². The second kappa shape index (κ2) is 8.35. The molecule has 2 saturated heterocycles. The summed E-state index contributed by atoms with van der Waals surface area (Å²) in [6.07, 6.45) is 3.73. The van der Waals surface area contributed by atoms with E-state index in [1.54, 1.807) is 21.9 Å². The van der Waals surface area contributed by atoms with Gasteiger partial charge in [0.1, 0.15) is 0 Å². The van der Waals surface area contributed by atoms with Gasteiger partial charge in [-0.3, -0.25) is 24.1 Å². The Morgan fingerprint density at radius 1 is 0.828 bits per heavy atom. The first kappa shape index (κ1) is 19.6. The minimum absolute atomic E-state index is 0.0198. The number of likely N-dealkylation sites (tertiary alicyclic amines) is 1. The Morgan fingerprint density at radius 3 is 1.97 bits per heavy atom. The summed E-state index contributed by atoms with van der Waals surface area (Å²) in [5, 5.41) is 0. The molecule has 0 radical (unpaired) electrons. The highest BCUT2D eigenvalue weighted by Crippen LogP contribution is 2.38. The van der Waals surface area contributed by atoms with Crippen molar-refractivity contribution in [2.45, 2.75) is 32.1 Å². The van der Waals surface area contributed by atoms with Crippen molar-refractivity contribution in [2.75, 3.05) is 32.7 Å². The van der Waals surface area contributed by atoms with Crippen LogP contribution in [-0.2, 0) is 14.4 Å². The molecule has 4 rings (SSSR count). The molecule has 3 fully saturated rings. The average Bonchev–Trinajstić information content (AvgIpc) is 3.02. The first-order valence-corrected chi connectivity index (χ1v) is 10.5. The Bertz CT molecular complexity index is 778. The van der Waals surface area contributed by atoms with Gasteiger partial charge in [-0.05, 0) is 25.0 Å². The summed E-state index contributed by atoms with van der Waals surface area (Å²) in [5.41, 5.74) is 0.653. The lowest BCUT2D eigenvalue weighted by molar-refractivity contribution is -0.141. The normalized spacial score (nSPS) is 24.6. The Hall–Kier alpha value is -2.70. The molecule has 29 heavy (non-hydrogen) atoms. The van der Waals surface area contributed by atoms with E-state index < -0.39 is 0 Å². The molecule has 3 aliphatic rings. The molecule has 4 amide bonds. The monoisotopic (exact) mass is 397 g/mol. The number of hydrogen-bond acceptors (Lipinski definition) is 4. The van der Waals surface area contributed by atoms with Gasteiger partial charge in [0.05, 0.1) is 11.8 Å². The zero-order chi connectivity index (χ0) is 20.4. The van der Waals surface area contributed by atoms with E-state index >= 15 is 0 Å². The van der Waals surface area contributed by atoms with E-state index in [1.807, 2.05) is 18.2 Å². The van der Waals surface area contributed by atoms with Gasteiger partial charge >= 0.3 is 0 Å². The quantitative estimate of drug-likeness (QED) is 0.722. The van der Waals surface area contributed by atoms with E-state index in [0.717, 1.165) is 25.7 Å². The summed E-state index contributed by atoms with van der Waals surface area (Å²) in [7, 11) is 0. The van der Waals surface area contributed by atoms with Crippen LogP contribution in [0, 0.1) is 11.8 Å². The molecule has 2 aliphatic heterocycles. The van der Waals surface area contributed by atoms with Crippen molar-refractivity contribution in [1.29, 1.82) is 0 Å². The number of imide groups is 1. The number of carbonyl (C=O) groups excluding carboxylic acids is 4. The second-order valence-corrected chi connectivity index (χ2v) is 8.11. The molecule has 2 atom stereocenters. The second-order valence-electron chi connectivity index (χ2n) is 8.11. The van der Waals surface area contributed by atoms with Gasteiger partial charge in [-0.15, -0.1) is 0 Å². The molecule has 1 aromatic carbocycles. The zero-order valence-electron chi connectivity index (χ0n) is 16.6. The molecule has 0 N–H and O–H groups in total. The lowest BCUT2D eigenvalue weighted by atomic mass is 9.81. The third kappa shape index (κ3) is 3.91. The van der Waals surface area contributed by atoms with Gasteiger partial charge in [-0.2, -0.15) is 0 Å². The third-order valence-corrected chi connectivity index (χ3v) is 6.42. The predicted octanol–water partition coefficient (Wildman–Crippen LogP) is 1.54. The van der Waals surface area contributed by atoms with Crippen LogP contribution in [0.15, 0.2) is 30.3 Å². The molecule has 2 heterocycles. The van der Waals surface area contributed by atoms with Crippen molar-refractivity contribution < 1.29 is 19.2 Å². The van der Waals surface area contributed by atoms with Crippen LogP contribution in [0.2, 0.25) is 0 Å². The molecule has 0 spiro atoms. The first-order valence-electron chi connectivity index (χ1n) is 10.5. The van der Waals surface area contributed by atoms with Crippen LogP contribution in [0.5, 0.6) is 0 Å². The van der Waals surface area contributed by atoms with Crippen LogP contribution in [-0.4, -0.2) is 71.1 Å². The average molecular weight is 397 g/mol. The number of carbonyl (C=O) groups is 4. The van der Waals surface area contributed by atoms with E-state index in [9.17, 15) is 19.2 Å². The fraction of sp³-hybridized carbons (Fsp3) is 0.545. The number of rotatable bonds is 4. The summed E-state index contributed by atoms with van der Waals surface area (Å²) < 4.78 is 0. The molecule has 7 nitrogen and oxygen atoms in total. The van der Waals surface area contributed by atoms with Gasteiger partial charge < -0.3 is 9.80 Å². The van der Waals surface area contributed by atoms with Crippen LogP contribution in [0.3, 0.4) is 0 Å². The minimum Gasteiger partial charge on any atom is -0.339 e. The predicted molar refractivity (Wildman–Crippen MR) is 106 cm³/mol. The van der Waals surface area contributed by atoms with E-state index in [0.29, 0.717) is 31.7 Å².